The second kappa shape index (κ2) is 8.47. The van der Waals surface area contributed by atoms with E-state index in [1.807, 2.05) is 55.5 Å². The Morgan fingerprint density at radius 2 is 1.68 bits per heavy atom. The minimum absolute atomic E-state index is 0.0294. The minimum atomic E-state index is -0.112. The Hall–Kier alpha value is -2.62. The van der Waals surface area contributed by atoms with Crippen LogP contribution in [0.5, 0.6) is 0 Å². The van der Waals surface area contributed by atoms with Gasteiger partial charge in [-0.15, -0.1) is 0 Å². The molecule has 0 unspecified atom stereocenters. The smallest absolute Gasteiger partial charge is 0.251 e. The fourth-order valence-corrected chi connectivity index (χ4v) is 2.87. The van der Waals surface area contributed by atoms with Gasteiger partial charge in [0.25, 0.3) is 5.91 Å². The lowest BCUT2D eigenvalue weighted by Gasteiger charge is -2.25. The van der Waals surface area contributed by atoms with Crippen molar-refractivity contribution in [2.45, 2.75) is 33.6 Å². The maximum absolute atomic E-state index is 12.3. The van der Waals surface area contributed by atoms with E-state index in [1.165, 1.54) is 0 Å². The van der Waals surface area contributed by atoms with Crippen molar-refractivity contribution < 1.29 is 9.59 Å². The van der Waals surface area contributed by atoms with Gasteiger partial charge >= 0.3 is 0 Å². The van der Waals surface area contributed by atoms with Crippen molar-refractivity contribution in [3.63, 3.8) is 0 Å². The van der Waals surface area contributed by atoms with Crippen molar-refractivity contribution in [3.8, 4) is 0 Å². The standard InChI is InChI=1S/C21H26N2O2/c1-15(2)18-10-7-8-12-20(18)23(17(4)24)14-13-22-21(25)19-11-6-5-9-16(19)3/h5-12,15H,13-14H2,1-4H3,(H,22,25). The molecule has 2 aromatic carbocycles. The Morgan fingerprint density at radius 1 is 1.04 bits per heavy atom. The SMILES string of the molecule is CC(=O)N(CCNC(=O)c1ccccc1C)c1ccccc1C(C)C. The lowest BCUT2D eigenvalue weighted by atomic mass is 10.0. The Balaban J connectivity index is 2.08. The molecule has 0 aliphatic carbocycles. The molecule has 1 N–H and O–H groups in total. The van der Waals surface area contributed by atoms with Crippen molar-refractivity contribution in [1.82, 2.24) is 5.32 Å². The number of anilines is 1. The van der Waals surface area contributed by atoms with Crippen molar-refractivity contribution in [1.29, 1.82) is 0 Å². The summed E-state index contributed by atoms with van der Waals surface area (Å²) in [4.78, 5) is 26.2. The molecular weight excluding hydrogens is 312 g/mol. The molecule has 0 radical (unpaired) electrons. The van der Waals surface area contributed by atoms with Crippen LogP contribution in [-0.4, -0.2) is 24.9 Å². The number of para-hydroxylation sites is 1. The van der Waals surface area contributed by atoms with Gasteiger partial charge in [-0.2, -0.15) is 0 Å². The van der Waals surface area contributed by atoms with E-state index in [0.717, 1.165) is 16.8 Å². The lowest BCUT2D eigenvalue weighted by Crippen LogP contribution is -2.38. The predicted molar refractivity (Wildman–Crippen MR) is 102 cm³/mol. The number of aryl methyl sites for hydroxylation is 1. The van der Waals surface area contributed by atoms with Crippen molar-refractivity contribution in [2.75, 3.05) is 18.0 Å². The van der Waals surface area contributed by atoms with Crippen molar-refractivity contribution in [2.24, 2.45) is 0 Å². The van der Waals surface area contributed by atoms with Crippen LogP contribution in [0.25, 0.3) is 0 Å². The number of amides is 2. The largest absolute Gasteiger partial charge is 0.350 e. The van der Waals surface area contributed by atoms with Crippen molar-refractivity contribution >= 4 is 17.5 Å². The highest BCUT2D eigenvalue weighted by atomic mass is 16.2. The number of carbonyl (C=O) groups is 2. The molecule has 0 aliphatic rings. The maximum Gasteiger partial charge on any atom is 0.251 e. The summed E-state index contributed by atoms with van der Waals surface area (Å²) in [7, 11) is 0. The molecule has 0 heterocycles. The highest BCUT2D eigenvalue weighted by Crippen LogP contribution is 2.27. The third kappa shape index (κ3) is 4.69. The number of nitrogens with one attached hydrogen (secondary N) is 1. The summed E-state index contributed by atoms with van der Waals surface area (Å²) >= 11 is 0. The van der Waals surface area contributed by atoms with E-state index in [4.69, 9.17) is 0 Å². The Morgan fingerprint density at radius 3 is 2.32 bits per heavy atom. The molecule has 132 valence electrons. The fourth-order valence-electron chi connectivity index (χ4n) is 2.87. The topological polar surface area (TPSA) is 49.4 Å². The molecule has 4 nitrogen and oxygen atoms in total. The first kappa shape index (κ1) is 18.7. The van der Waals surface area contributed by atoms with Gasteiger partial charge in [-0.05, 0) is 36.1 Å². The molecule has 0 saturated carbocycles. The molecule has 0 aromatic heterocycles. The summed E-state index contributed by atoms with van der Waals surface area (Å²) in [5, 5.41) is 2.91. The van der Waals surface area contributed by atoms with E-state index in [9.17, 15) is 9.59 Å². The zero-order chi connectivity index (χ0) is 18.4. The van der Waals surface area contributed by atoms with Crippen LogP contribution in [0.1, 0.15) is 48.2 Å². The van der Waals surface area contributed by atoms with Crippen LogP contribution in [-0.2, 0) is 4.79 Å². The molecule has 0 saturated heterocycles. The molecule has 0 fully saturated rings. The normalized spacial score (nSPS) is 10.6. The number of hydrogen-bond acceptors (Lipinski definition) is 2. The summed E-state index contributed by atoms with van der Waals surface area (Å²) in [5.74, 6) is 0.177. The molecule has 25 heavy (non-hydrogen) atoms. The minimum Gasteiger partial charge on any atom is -0.350 e. The predicted octanol–water partition coefficient (Wildman–Crippen LogP) is 3.90. The van der Waals surface area contributed by atoms with Gasteiger partial charge in [0, 0.05) is 31.3 Å². The van der Waals surface area contributed by atoms with Crippen LogP contribution in [0.15, 0.2) is 48.5 Å². The van der Waals surface area contributed by atoms with Gasteiger partial charge in [-0.25, -0.2) is 0 Å². The monoisotopic (exact) mass is 338 g/mol. The van der Waals surface area contributed by atoms with E-state index in [2.05, 4.69) is 19.2 Å². The molecule has 2 aromatic rings. The van der Waals surface area contributed by atoms with Crippen LogP contribution in [0, 0.1) is 6.92 Å². The van der Waals surface area contributed by atoms with E-state index in [-0.39, 0.29) is 11.8 Å². The van der Waals surface area contributed by atoms with E-state index >= 15 is 0 Å². The second-order valence-corrected chi connectivity index (χ2v) is 6.45. The van der Waals surface area contributed by atoms with Gasteiger partial charge in [0.15, 0.2) is 0 Å². The number of hydrogen-bond donors (Lipinski definition) is 1. The number of benzene rings is 2. The highest BCUT2D eigenvalue weighted by Gasteiger charge is 2.17. The summed E-state index contributed by atoms with van der Waals surface area (Å²) in [6.07, 6.45) is 0. The fraction of sp³-hybridized carbons (Fsp3) is 0.333. The second-order valence-electron chi connectivity index (χ2n) is 6.45. The summed E-state index contributed by atoms with van der Waals surface area (Å²) in [6, 6.07) is 15.4. The summed E-state index contributed by atoms with van der Waals surface area (Å²) in [6.45, 7) is 8.53. The number of carbonyl (C=O) groups excluding carboxylic acids is 2. The van der Waals surface area contributed by atoms with Gasteiger partial charge < -0.3 is 10.2 Å². The Kier molecular flexibility index (Phi) is 6.34. The highest BCUT2D eigenvalue weighted by molar-refractivity contribution is 5.96. The van der Waals surface area contributed by atoms with Gasteiger partial charge in [-0.3, -0.25) is 9.59 Å². The van der Waals surface area contributed by atoms with E-state index < -0.39 is 0 Å². The van der Waals surface area contributed by atoms with E-state index in [1.54, 1.807) is 11.8 Å². The van der Waals surface area contributed by atoms with Crippen LogP contribution in [0.3, 0.4) is 0 Å². The lowest BCUT2D eigenvalue weighted by molar-refractivity contribution is -0.116. The first-order chi connectivity index (χ1) is 11.9. The average molecular weight is 338 g/mol. The molecular formula is C21H26N2O2. The quantitative estimate of drug-likeness (QED) is 0.868. The zero-order valence-electron chi connectivity index (χ0n) is 15.4. The van der Waals surface area contributed by atoms with Gasteiger partial charge in [0.2, 0.25) is 5.91 Å². The number of nitrogens with zero attached hydrogens (tertiary/aromatic N) is 1. The van der Waals surface area contributed by atoms with Gasteiger partial charge in [0.05, 0.1) is 0 Å². The molecule has 4 heteroatoms. The molecule has 0 atom stereocenters. The summed E-state index contributed by atoms with van der Waals surface area (Å²) in [5.41, 5.74) is 3.64. The maximum atomic E-state index is 12.3. The first-order valence-electron chi connectivity index (χ1n) is 8.62. The van der Waals surface area contributed by atoms with Gasteiger partial charge in [0.1, 0.15) is 0 Å². The van der Waals surface area contributed by atoms with Crippen LogP contribution in [0.4, 0.5) is 5.69 Å². The molecule has 0 spiro atoms. The van der Waals surface area contributed by atoms with Crippen molar-refractivity contribution in [3.05, 3.63) is 65.2 Å². The third-order valence-corrected chi connectivity index (χ3v) is 4.24. The Bertz CT molecular complexity index is 753. The molecule has 0 aliphatic heterocycles. The average Bonchev–Trinajstić information content (AvgIpc) is 2.58. The number of rotatable bonds is 6. The van der Waals surface area contributed by atoms with Crippen LogP contribution in [0.2, 0.25) is 0 Å². The first-order valence-corrected chi connectivity index (χ1v) is 8.62. The zero-order valence-corrected chi connectivity index (χ0v) is 15.4. The molecule has 2 rings (SSSR count). The third-order valence-electron chi connectivity index (χ3n) is 4.24. The van der Waals surface area contributed by atoms with E-state index in [0.29, 0.717) is 24.6 Å². The Labute approximate surface area is 149 Å². The molecule has 2 amide bonds. The van der Waals surface area contributed by atoms with Gasteiger partial charge in [-0.1, -0.05) is 50.2 Å². The summed E-state index contributed by atoms with van der Waals surface area (Å²) < 4.78 is 0. The van der Waals surface area contributed by atoms with Crippen LogP contribution >= 0.6 is 0 Å². The van der Waals surface area contributed by atoms with Crippen LogP contribution < -0.4 is 10.2 Å². The molecule has 0 bridgehead atoms.